The molecule has 0 radical (unpaired) electrons. The first kappa shape index (κ1) is 7.64. The molecule has 0 saturated carbocycles. The van der Waals surface area contributed by atoms with E-state index in [1.165, 1.54) is 6.07 Å². The zero-order valence-electron chi connectivity index (χ0n) is 4.16. The monoisotopic (exact) mass is 139 g/mol. The van der Waals surface area contributed by atoms with Crippen LogP contribution >= 0.6 is 11.6 Å². The molecule has 1 nitrogen and oxygen atoms in total. The number of rotatable bonds is 1. The number of nitriles is 1. The largest absolute Gasteiger partial charge is 0.274 e. The van der Waals surface area contributed by atoms with Crippen molar-refractivity contribution in [2.24, 2.45) is 0 Å². The summed E-state index contributed by atoms with van der Waals surface area (Å²) in [5, 5.41) is 6.10. The van der Waals surface area contributed by atoms with Gasteiger partial charge in [0.25, 0.3) is 5.92 Å². The van der Waals surface area contributed by atoms with Crippen molar-refractivity contribution in [2.75, 3.05) is 0 Å². The fraction of sp³-hybridized carbons (Fsp3) is 0.750. The van der Waals surface area contributed by atoms with Gasteiger partial charge in [0.15, 0.2) is 5.38 Å². The van der Waals surface area contributed by atoms with Crippen LogP contribution in [0.25, 0.3) is 0 Å². The number of nitrogens with zero attached hydrogens (tertiary/aromatic N) is 1. The molecule has 0 N–H and O–H groups in total. The fourth-order valence-corrected chi connectivity index (χ4v) is 0.113. The van der Waals surface area contributed by atoms with Gasteiger partial charge < -0.3 is 0 Å². The van der Waals surface area contributed by atoms with E-state index in [1.54, 1.807) is 0 Å². The summed E-state index contributed by atoms with van der Waals surface area (Å²) in [7, 11) is 0. The maximum absolute atomic E-state index is 11.8. The van der Waals surface area contributed by atoms with Crippen molar-refractivity contribution in [3.05, 3.63) is 0 Å². The molecule has 0 fully saturated rings. The van der Waals surface area contributed by atoms with E-state index in [-0.39, 0.29) is 0 Å². The average Bonchev–Trinajstić information content (AvgIpc) is 1.62. The van der Waals surface area contributed by atoms with Gasteiger partial charge in [-0.2, -0.15) is 5.26 Å². The lowest BCUT2D eigenvalue weighted by Gasteiger charge is -2.07. The highest BCUT2D eigenvalue weighted by molar-refractivity contribution is 6.22. The Hall–Kier alpha value is -0.360. The third kappa shape index (κ3) is 2.08. The molecule has 0 saturated heterocycles. The van der Waals surface area contributed by atoms with Crippen molar-refractivity contribution in [3.63, 3.8) is 0 Å². The molecule has 0 heterocycles. The normalized spacial score (nSPS) is 14.9. The molecule has 0 rings (SSSR count). The maximum atomic E-state index is 11.8. The summed E-state index contributed by atoms with van der Waals surface area (Å²) in [4.78, 5) is 0. The van der Waals surface area contributed by atoms with E-state index in [1.807, 2.05) is 0 Å². The van der Waals surface area contributed by atoms with Gasteiger partial charge in [0.1, 0.15) is 0 Å². The van der Waals surface area contributed by atoms with E-state index in [4.69, 9.17) is 16.9 Å². The van der Waals surface area contributed by atoms with Crippen molar-refractivity contribution in [1.82, 2.24) is 0 Å². The van der Waals surface area contributed by atoms with Crippen LogP contribution in [0.5, 0.6) is 0 Å². The molecule has 0 spiro atoms. The van der Waals surface area contributed by atoms with Crippen LogP contribution in [0, 0.1) is 11.3 Å². The van der Waals surface area contributed by atoms with Gasteiger partial charge in [0.05, 0.1) is 6.07 Å². The second kappa shape index (κ2) is 2.27. The topological polar surface area (TPSA) is 23.8 Å². The van der Waals surface area contributed by atoms with Crippen molar-refractivity contribution in [3.8, 4) is 6.07 Å². The molecule has 0 aromatic heterocycles. The Kier molecular flexibility index (Phi) is 2.17. The number of halogens is 3. The van der Waals surface area contributed by atoms with Crippen LogP contribution < -0.4 is 0 Å². The van der Waals surface area contributed by atoms with Gasteiger partial charge in [-0.05, 0) is 0 Å². The van der Waals surface area contributed by atoms with E-state index in [9.17, 15) is 8.78 Å². The standard InChI is InChI=1S/C4H4ClF2N/c1-4(6,7)3(5)2-8/h3H,1H3. The minimum Gasteiger partial charge on any atom is -0.204 e. The second-order valence-electron chi connectivity index (χ2n) is 1.45. The van der Waals surface area contributed by atoms with E-state index in [0.29, 0.717) is 6.92 Å². The zero-order chi connectivity index (χ0) is 6.78. The minimum absolute atomic E-state index is 0.605. The van der Waals surface area contributed by atoms with Crippen molar-refractivity contribution in [1.29, 1.82) is 5.26 Å². The van der Waals surface area contributed by atoms with Gasteiger partial charge in [-0.15, -0.1) is 0 Å². The number of hydrogen-bond donors (Lipinski definition) is 0. The molecule has 46 valence electrons. The molecule has 0 aliphatic heterocycles. The predicted molar refractivity (Wildman–Crippen MR) is 25.9 cm³/mol. The van der Waals surface area contributed by atoms with Crippen LogP contribution in [-0.2, 0) is 0 Å². The number of hydrogen-bond acceptors (Lipinski definition) is 1. The van der Waals surface area contributed by atoms with Crippen LogP contribution in [0.3, 0.4) is 0 Å². The number of alkyl halides is 3. The molecule has 4 heteroatoms. The Balaban J connectivity index is 3.87. The molecule has 0 aliphatic carbocycles. The smallest absolute Gasteiger partial charge is 0.204 e. The lowest BCUT2D eigenvalue weighted by Crippen LogP contribution is -2.22. The van der Waals surface area contributed by atoms with E-state index < -0.39 is 11.3 Å². The minimum atomic E-state index is -3.09. The molecule has 0 amide bonds. The summed E-state index contributed by atoms with van der Waals surface area (Å²) in [6, 6.07) is 1.22. The van der Waals surface area contributed by atoms with Crippen LogP contribution in [-0.4, -0.2) is 11.3 Å². The lowest BCUT2D eigenvalue weighted by molar-refractivity contribution is 0.0310. The van der Waals surface area contributed by atoms with Crippen LogP contribution in [0.4, 0.5) is 8.78 Å². The SMILES string of the molecule is CC(F)(F)C(Cl)C#N. The van der Waals surface area contributed by atoms with E-state index >= 15 is 0 Å². The first-order valence-corrected chi connectivity index (χ1v) is 2.33. The summed E-state index contributed by atoms with van der Waals surface area (Å²) in [5.41, 5.74) is 0. The van der Waals surface area contributed by atoms with Crippen LogP contribution in [0.1, 0.15) is 6.92 Å². The first-order valence-electron chi connectivity index (χ1n) is 1.90. The molecule has 0 bridgehead atoms. The molecular formula is C4H4ClF2N. The highest BCUT2D eigenvalue weighted by atomic mass is 35.5. The highest BCUT2D eigenvalue weighted by Crippen LogP contribution is 2.20. The first-order chi connectivity index (χ1) is 3.48. The van der Waals surface area contributed by atoms with Gasteiger partial charge in [0, 0.05) is 6.92 Å². The summed E-state index contributed by atoms with van der Waals surface area (Å²) in [6.07, 6.45) is 0. The van der Waals surface area contributed by atoms with Gasteiger partial charge in [0.2, 0.25) is 0 Å². The van der Waals surface area contributed by atoms with Gasteiger partial charge in [-0.3, -0.25) is 0 Å². The molecule has 8 heavy (non-hydrogen) atoms. The predicted octanol–water partition coefficient (Wildman–Crippen LogP) is 1.77. The Morgan fingerprint density at radius 2 is 2.12 bits per heavy atom. The maximum Gasteiger partial charge on any atom is 0.274 e. The highest BCUT2D eigenvalue weighted by Gasteiger charge is 2.31. The molecule has 1 unspecified atom stereocenters. The summed E-state index contributed by atoms with van der Waals surface area (Å²) in [5.74, 6) is -3.09. The van der Waals surface area contributed by atoms with E-state index in [0.717, 1.165) is 0 Å². The van der Waals surface area contributed by atoms with Crippen molar-refractivity contribution < 1.29 is 8.78 Å². The van der Waals surface area contributed by atoms with Crippen molar-refractivity contribution in [2.45, 2.75) is 18.2 Å². The van der Waals surface area contributed by atoms with Gasteiger partial charge in [-0.25, -0.2) is 8.78 Å². The zero-order valence-corrected chi connectivity index (χ0v) is 4.91. The van der Waals surface area contributed by atoms with Crippen molar-refractivity contribution >= 4 is 11.6 Å². The fourth-order valence-electron chi connectivity index (χ4n) is 0.113. The molecular weight excluding hydrogens is 136 g/mol. The average molecular weight is 140 g/mol. The molecule has 0 aromatic carbocycles. The molecule has 0 aliphatic rings. The van der Waals surface area contributed by atoms with Crippen LogP contribution in [0.15, 0.2) is 0 Å². The van der Waals surface area contributed by atoms with Crippen LogP contribution in [0.2, 0.25) is 0 Å². The van der Waals surface area contributed by atoms with E-state index in [2.05, 4.69) is 0 Å². The Bertz CT molecular complexity index is 112. The lowest BCUT2D eigenvalue weighted by atomic mass is 10.3. The Labute approximate surface area is 50.9 Å². The Morgan fingerprint density at radius 3 is 2.12 bits per heavy atom. The third-order valence-electron chi connectivity index (χ3n) is 0.558. The van der Waals surface area contributed by atoms with Gasteiger partial charge >= 0.3 is 0 Å². The molecule has 0 aromatic rings. The molecule has 1 atom stereocenters. The quantitative estimate of drug-likeness (QED) is 0.508. The summed E-state index contributed by atoms with van der Waals surface area (Å²) in [6.45, 7) is 0.605. The third-order valence-corrected chi connectivity index (χ3v) is 1.04. The van der Waals surface area contributed by atoms with Gasteiger partial charge in [-0.1, -0.05) is 11.6 Å². The summed E-state index contributed by atoms with van der Waals surface area (Å²) < 4.78 is 23.5. The Morgan fingerprint density at radius 1 is 1.75 bits per heavy atom. The summed E-state index contributed by atoms with van der Waals surface area (Å²) >= 11 is 4.83. The second-order valence-corrected chi connectivity index (χ2v) is 1.88.